The molecule has 0 saturated carbocycles. The van der Waals surface area contributed by atoms with Crippen molar-refractivity contribution in [2.75, 3.05) is 4.90 Å². The van der Waals surface area contributed by atoms with E-state index in [1.54, 1.807) is 0 Å². The SMILES string of the molecule is C1=Cc2sc3c(-c4ccc(-c5ccc(N(c6ccc(-c7ccc(-c8cccc9c8sc8ccccc89)cc7)cc6)c6ccc7c8ccccc8c8ccccc8c7c6)cc5)cc4)cccc3c2CC1. The highest BCUT2D eigenvalue weighted by molar-refractivity contribution is 7.26. The zero-order valence-electron chi connectivity index (χ0n) is 37.7. The average Bonchev–Trinajstić information content (AvgIpc) is 4.01. The summed E-state index contributed by atoms with van der Waals surface area (Å²) in [6.45, 7) is 0. The Hall–Kier alpha value is -8.08. The summed E-state index contributed by atoms with van der Waals surface area (Å²) in [6.07, 6.45) is 6.88. The molecular formula is C66H43NS2. The Morgan fingerprint density at radius 3 is 1.33 bits per heavy atom. The molecule has 324 valence electrons. The summed E-state index contributed by atoms with van der Waals surface area (Å²) < 4.78 is 4.07. The summed E-state index contributed by atoms with van der Waals surface area (Å²) in [7, 11) is 0. The minimum Gasteiger partial charge on any atom is -0.310 e. The lowest BCUT2D eigenvalue weighted by molar-refractivity contribution is 1.01. The van der Waals surface area contributed by atoms with Gasteiger partial charge < -0.3 is 4.90 Å². The fraction of sp³-hybridized carbons (Fsp3) is 0.0303. The molecule has 0 fully saturated rings. The van der Waals surface area contributed by atoms with Gasteiger partial charge in [0, 0.05) is 46.8 Å². The van der Waals surface area contributed by atoms with E-state index in [1.165, 1.54) is 118 Å². The van der Waals surface area contributed by atoms with Crippen molar-refractivity contribution in [3.05, 3.63) is 241 Å². The molecule has 1 aliphatic carbocycles. The maximum atomic E-state index is 2.41. The third kappa shape index (κ3) is 6.72. The molecule has 0 unspecified atom stereocenters. The van der Waals surface area contributed by atoms with Crippen LogP contribution in [0.1, 0.15) is 16.9 Å². The van der Waals surface area contributed by atoms with Crippen LogP contribution in [0.15, 0.2) is 231 Å². The number of thiophene rings is 2. The molecule has 2 heterocycles. The van der Waals surface area contributed by atoms with Crippen molar-refractivity contribution < 1.29 is 0 Å². The Morgan fingerprint density at radius 2 is 0.754 bits per heavy atom. The van der Waals surface area contributed by atoms with Gasteiger partial charge in [0.15, 0.2) is 0 Å². The Bertz CT molecular complexity index is 4120. The van der Waals surface area contributed by atoms with Crippen LogP contribution in [0.4, 0.5) is 17.1 Å². The van der Waals surface area contributed by atoms with Crippen molar-refractivity contribution >= 4 is 108 Å². The number of nitrogens with zero attached hydrogens (tertiary/aromatic N) is 1. The summed E-state index contributed by atoms with van der Waals surface area (Å²) in [6, 6.07) is 83.3. The van der Waals surface area contributed by atoms with Gasteiger partial charge in [-0.05, 0) is 149 Å². The van der Waals surface area contributed by atoms with Gasteiger partial charge in [-0.15, -0.1) is 22.7 Å². The minimum absolute atomic E-state index is 1.10. The summed E-state index contributed by atoms with van der Waals surface area (Å²) >= 11 is 3.81. The summed E-state index contributed by atoms with van der Waals surface area (Å²) in [5.74, 6) is 0. The van der Waals surface area contributed by atoms with Gasteiger partial charge in [-0.1, -0.05) is 188 Å². The molecule has 0 aliphatic heterocycles. The molecular weight excluding hydrogens is 871 g/mol. The molecule has 0 atom stereocenters. The first-order chi connectivity index (χ1) is 34.2. The standard InChI is InChI=1S/C66H43NS2/c1-2-13-55-53(11-1)54-12-3-4-14-56(54)62-41-50(39-40-57(55)62)67(48-35-31-44(32-36-48)42-23-27-46(28-24-42)51-17-9-19-60-58-15-5-7-21-63(58)68-65(51)60)49-37-33-45(34-38-49)43-25-29-47(30-26-43)52-18-10-20-61-59-16-6-8-22-64(59)69-66(52)61/h1-5,7-15,17-41H,6,16H2. The quantitative estimate of drug-likeness (QED) is 0.144. The van der Waals surface area contributed by atoms with Crippen molar-refractivity contribution in [1.29, 1.82) is 0 Å². The molecule has 0 N–H and O–H groups in total. The largest absolute Gasteiger partial charge is 0.310 e. The lowest BCUT2D eigenvalue weighted by Crippen LogP contribution is -2.10. The molecule has 11 aromatic carbocycles. The number of aryl methyl sites for hydroxylation is 1. The first kappa shape index (κ1) is 40.0. The molecule has 13 aromatic rings. The maximum absolute atomic E-state index is 2.41. The zero-order chi connectivity index (χ0) is 45.4. The number of benzene rings is 11. The summed E-state index contributed by atoms with van der Waals surface area (Å²) in [5, 5.41) is 11.7. The average molecular weight is 914 g/mol. The van der Waals surface area contributed by atoms with Gasteiger partial charge in [-0.25, -0.2) is 0 Å². The minimum atomic E-state index is 1.10. The second-order valence-corrected chi connectivity index (χ2v) is 20.4. The Balaban J connectivity index is 0.825. The van der Waals surface area contributed by atoms with Crippen LogP contribution in [0.25, 0.3) is 113 Å². The summed E-state index contributed by atoms with van der Waals surface area (Å²) in [4.78, 5) is 3.82. The normalized spacial score (nSPS) is 12.5. The van der Waals surface area contributed by atoms with Crippen molar-refractivity contribution in [1.82, 2.24) is 0 Å². The van der Waals surface area contributed by atoms with Crippen molar-refractivity contribution in [3.63, 3.8) is 0 Å². The number of rotatable bonds is 7. The number of anilines is 3. The van der Waals surface area contributed by atoms with Gasteiger partial charge in [-0.2, -0.15) is 0 Å². The van der Waals surface area contributed by atoms with E-state index in [2.05, 4.69) is 242 Å². The molecule has 2 aromatic heterocycles. The number of fused-ring (bicyclic) bond motifs is 12. The van der Waals surface area contributed by atoms with E-state index >= 15 is 0 Å². The molecule has 0 spiro atoms. The Morgan fingerprint density at radius 1 is 0.319 bits per heavy atom. The molecule has 0 saturated heterocycles. The molecule has 69 heavy (non-hydrogen) atoms. The predicted molar refractivity (Wildman–Crippen MR) is 301 cm³/mol. The highest BCUT2D eigenvalue weighted by Gasteiger charge is 2.19. The van der Waals surface area contributed by atoms with Crippen LogP contribution in [0.2, 0.25) is 0 Å². The van der Waals surface area contributed by atoms with E-state index in [1.807, 2.05) is 22.7 Å². The van der Waals surface area contributed by atoms with E-state index in [-0.39, 0.29) is 0 Å². The van der Waals surface area contributed by atoms with Crippen LogP contribution in [-0.4, -0.2) is 0 Å². The molecule has 0 amide bonds. The van der Waals surface area contributed by atoms with Crippen LogP contribution in [0.5, 0.6) is 0 Å². The molecule has 14 rings (SSSR count). The smallest absolute Gasteiger partial charge is 0.0468 e. The van der Waals surface area contributed by atoms with Crippen molar-refractivity contribution in [2.45, 2.75) is 12.8 Å². The lowest BCUT2D eigenvalue weighted by atomic mass is 9.94. The van der Waals surface area contributed by atoms with Crippen LogP contribution < -0.4 is 4.90 Å². The second-order valence-electron chi connectivity index (χ2n) is 18.3. The predicted octanol–water partition coefficient (Wildman–Crippen LogP) is 19.8. The van der Waals surface area contributed by atoms with Crippen molar-refractivity contribution in [3.8, 4) is 44.5 Å². The first-order valence-corrected chi connectivity index (χ1v) is 25.5. The zero-order valence-corrected chi connectivity index (χ0v) is 39.3. The topological polar surface area (TPSA) is 3.24 Å². The Labute approximate surface area is 409 Å². The highest BCUT2D eigenvalue weighted by atomic mass is 32.1. The van der Waals surface area contributed by atoms with Crippen LogP contribution in [0, 0.1) is 0 Å². The van der Waals surface area contributed by atoms with Crippen LogP contribution in [-0.2, 0) is 6.42 Å². The van der Waals surface area contributed by atoms with Gasteiger partial charge >= 0.3 is 0 Å². The molecule has 3 heteroatoms. The number of allylic oxidation sites excluding steroid dienone is 1. The fourth-order valence-electron chi connectivity index (χ4n) is 11.0. The van der Waals surface area contributed by atoms with E-state index in [0.717, 1.165) is 29.9 Å². The second kappa shape index (κ2) is 16.3. The third-order valence-corrected chi connectivity index (χ3v) is 16.8. The fourth-order valence-corrected chi connectivity index (χ4v) is 13.5. The van der Waals surface area contributed by atoms with E-state index in [9.17, 15) is 0 Å². The van der Waals surface area contributed by atoms with Gasteiger partial charge in [0.1, 0.15) is 0 Å². The van der Waals surface area contributed by atoms with Gasteiger partial charge in [0.2, 0.25) is 0 Å². The van der Waals surface area contributed by atoms with Crippen molar-refractivity contribution in [2.24, 2.45) is 0 Å². The summed E-state index contributed by atoms with van der Waals surface area (Å²) in [5.41, 5.74) is 14.7. The van der Waals surface area contributed by atoms with Crippen LogP contribution in [0.3, 0.4) is 0 Å². The van der Waals surface area contributed by atoms with Crippen LogP contribution >= 0.6 is 22.7 Å². The maximum Gasteiger partial charge on any atom is 0.0468 e. The van der Waals surface area contributed by atoms with E-state index < -0.39 is 0 Å². The Kier molecular flexibility index (Phi) is 9.46. The van der Waals surface area contributed by atoms with Gasteiger partial charge in [0.25, 0.3) is 0 Å². The third-order valence-electron chi connectivity index (χ3n) is 14.4. The number of hydrogen-bond acceptors (Lipinski definition) is 3. The van der Waals surface area contributed by atoms with E-state index in [4.69, 9.17) is 0 Å². The molecule has 0 radical (unpaired) electrons. The molecule has 1 aliphatic rings. The monoisotopic (exact) mass is 913 g/mol. The lowest BCUT2D eigenvalue weighted by Gasteiger charge is -2.27. The molecule has 0 bridgehead atoms. The first-order valence-electron chi connectivity index (χ1n) is 23.9. The van der Waals surface area contributed by atoms with Gasteiger partial charge in [-0.3, -0.25) is 0 Å². The number of hydrogen-bond donors (Lipinski definition) is 0. The highest BCUT2D eigenvalue weighted by Crippen LogP contribution is 2.45. The van der Waals surface area contributed by atoms with E-state index in [0.29, 0.717) is 0 Å². The van der Waals surface area contributed by atoms with Gasteiger partial charge in [0.05, 0.1) is 0 Å². The molecule has 1 nitrogen and oxygen atoms in total.